The number of ether oxygens (including phenoxy) is 1. The Morgan fingerprint density at radius 1 is 1.06 bits per heavy atom. The average Bonchev–Trinajstić information content (AvgIpc) is 3.19. The third kappa shape index (κ3) is 8.40. The number of benzene rings is 2. The summed E-state index contributed by atoms with van der Waals surface area (Å²) in [6.45, 7) is 6.45. The molecule has 1 aliphatic heterocycles. The van der Waals surface area contributed by atoms with Crippen LogP contribution in [0.4, 0.5) is 0 Å². The van der Waals surface area contributed by atoms with Crippen molar-refractivity contribution in [3.63, 3.8) is 0 Å². The van der Waals surface area contributed by atoms with E-state index in [-0.39, 0.29) is 29.9 Å². The molecule has 6 nitrogen and oxygen atoms in total. The van der Waals surface area contributed by atoms with Gasteiger partial charge in [-0.3, -0.25) is 4.79 Å². The van der Waals surface area contributed by atoms with E-state index >= 15 is 0 Å². The molecule has 0 aromatic heterocycles. The van der Waals surface area contributed by atoms with Gasteiger partial charge in [0, 0.05) is 32.6 Å². The van der Waals surface area contributed by atoms with Crippen LogP contribution in [-0.4, -0.2) is 42.9 Å². The van der Waals surface area contributed by atoms with Crippen molar-refractivity contribution in [2.45, 2.75) is 39.3 Å². The molecule has 2 N–H and O–H groups in total. The average molecular weight is 536 g/mol. The van der Waals surface area contributed by atoms with Gasteiger partial charge in [-0.1, -0.05) is 42.5 Å². The van der Waals surface area contributed by atoms with Gasteiger partial charge < -0.3 is 20.3 Å². The fourth-order valence-corrected chi connectivity index (χ4v) is 3.45. The fourth-order valence-electron chi connectivity index (χ4n) is 3.45. The van der Waals surface area contributed by atoms with E-state index in [0.29, 0.717) is 19.6 Å². The van der Waals surface area contributed by atoms with Crippen molar-refractivity contribution in [3.05, 3.63) is 65.7 Å². The van der Waals surface area contributed by atoms with E-state index in [1.165, 1.54) is 0 Å². The number of likely N-dealkylation sites (tertiary alicyclic amines) is 1. The lowest BCUT2D eigenvalue weighted by Gasteiger charge is -2.16. The Hall–Kier alpha value is -2.29. The quantitative estimate of drug-likeness (QED) is 0.209. The molecule has 0 unspecified atom stereocenters. The molecule has 0 radical (unpaired) electrons. The molecule has 1 fully saturated rings. The third-order valence-electron chi connectivity index (χ3n) is 5.08. The Morgan fingerprint density at radius 3 is 2.52 bits per heavy atom. The highest BCUT2D eigenvalue weighted by atomic mass is 127. The Bertz CT molecular complexity index is 829. The maximum absolute atomic E-state index is 11.7. The van der Waals surface area contributed by atoms with Crippen LogP contribution in [0, 0.1) is 0 Å². The zero-order chi connectivity index (χ0) is 21.0. The van der Waals surface area contributed by atoms with E-state index in [9.17, 15) is 4.79 Å². The van der Waals surface area contributed by atoms with Crippen LogP contribution >= 0.6 is 24.0 Å². The van der Waals surface area contributed by atoms with Crippen molar-refractivity contribution in [2.24, 2.45) is 4.99 Å². The molecular formula is C24H33IN4O2. The monoisotopic (exact) mass is 536 g/mol. The van der Waals surface area contributed by atoms with Crippen LogP contribution < -0.4 is 15.4 Å². The highest BCUT2D eigenvalue weighted by Gasteiger charge is 2.18. The van der Waals surface area contributed by atoms with Crippen LogP contribution in [0.2, 0.25) is 0 Å². The number of aliphatic imine (C=N–C) groups is 1. The number of nitrogens with one attached hydrogen (secondary N) is 2. The molecule has 1 heterocycles. The number of para-hydroxylation sites is 1. The number of hydrogen-bond acceptors (Lipinski definition) is 3. The fraction of sp³-hybridized carbons (Fsp3) is 0.417. The molecule has 168 valence electrons. The highest BCUT2D eigenvalue weighted by molar-refractivity contribution is 14.0. The first-order valence-electron chi connectivity index (χ1n) is 10.8. The first kappa shape index (κ1) is 25.0. The Morgan fingerprint density at radius 2 is 1.81 bits per heavy atom. The molecule has 31 heavy (non-hydrogen) atoms. The van der Waals surface area contributed by atoms with Crippen molar-refractivity contribution >= 4 is 35.8 Å². The molecule has 2 aromatic carbocycles. The number of carbonyl (C=O) groups excluding carboxylic acids is 1. The summed E-state index contributed by atoms with van der Waals surface area (Å²) >= 11 is 0. The molecule has 2 aromatic rings. The number of carbonyl (C=O) groups is 1. The summed E-state index contributed by atoms with van der Waals surface area (Å²) in [6.07, 6.45) is 2.60. The van der Waals surface area contributed by atoms with Crippen molar-refractivity contribution in [1.82, 2.24) is 15.5 Å². The van der Waals surface area contributed by atoms with E-state index in [1.807, 2.05) is 47.4 Å². The number of rotatable bonds is 10. The van der Waals surface area contributed by atoms with Gasteiger partial charge in [0.15, 0.2) is 5.96 Å². The van der Waals surface area contributed by atoms with E-state index in [2.05, 4.69) is 29.7 Å². The third-order valence-corrected chi connectivity index (χ3v) is 5.08. The predicted molar refractivity (Wildman–Crippen MR) is 136 cm³/mol. The van der Waals surface area contributed by atoms with Crippen LogP contribution in [0.1, 0.15) is 37.3 Å². The van der Waals surface area contributed by atoms with Gasteiger partial charge in [-0.15, -0.1) is 24.0 Å². The van der Waals surface area contributed by atoms with E-state index in [1.54, 1.807) is 0 Å². The molecule has 0 bridgehead atoms. The summed E-state index contributed by atoms with van der Waals surface area (Å²) in [5.41, 5.74) is 2.28. The minimum atomic E-state index is 0. The normalized spacial score (nSPS) is 13.6. The van der Waals surface area contributed by atoms with Crippen LogP contribution in [0.5, 0.6) is 5.75 Å². The Balaban J connectivity index is 0.00000341. The lowest BCUT2D eigenvalue weighted by Crippen LogP contribution is -2.39. The second-order valence-electron chi connectivity index (χ2n) is 7.33. The molecular weight excluding hydrogens is 503 g/mol. The maximum Gasteiger partial charge on any atom is 0.222 e. The van der Waals surface area contributed by atoms with Gasteiger partial charge in [-0.2, -0.15) is 0 Å². The number of guanidine groups is 1. The first-order valence-corrected chi connectivity index (χ1v) is 10.8. The zero-order valence-electron chi connectivity index (χ0n) is 18.2. The molecule has 7 heteroatoms. The van der Waals surface area contributed by atoms with Gasteiger partial charge >= 0.3 is 0 Å². The van der Waals surface area contributed by atoms with Crippen LogP contribution in [-0.2, 0) is 17.9 Å². The molecule has 3 rings (SSSR count). The SMILES string of the molecule is CCNC(=NCc1ccccc1COc1ccccc1)NCCCN1CCCC1=O.I. The Labute approximate surface area is 202 Å². The second kappa shape index (κ2) is 13.9. The summed E-state index contributed by atoms with van der Waals surface area (Å²) in [5, 5.41) is 6.67. The largest absolute Gasteiger partial charge is 0.489 e. The number of nitrogens with zero attached hydrogens (tertiary/aromatic N) is 2. The molecule has 0 spiro atoms. The van der Waals surface area contributed by atoms with Crippen molar-refractivity contribution < 1.29 is 9.53 Å². The van der Waals surface area contributed by atoms with Crippen molar-refractivity contribution in [1.29, 1.82) is 0 Å². The van der Waals surface area contributed by atoms with Gasteiger partial charge in [0.05, 0.1) is 6.54 Å². The van der Waals surface area contributed by atoms with Crippen LogP contribution in [0.15, 0.2) is 59.6 Å². The lowest BCUT2D eigenvalue weighted by molar-refractivity contribution is -0.127. The predicted octanol–water partition coefficient (Wildman–Crippen LogP) is 3.95. The number of amides is 1. The van der Waals surface area contributed by atoms with Gasteiger partial charge in [0.2, 0.25) is 5.91 Å². The summed E-state index contributed by atoms with van der Waals surface area (Å²) in [6, 6.07) is 18.1. The van der Waals surface area contributed by atoms with E-state index in [0.717, 1.165) is 61.9 Å². The molecule has 1 amide bonds. The minimum Gasteiger partial charge on any atom is -0.489 e. The van der Waals surface area contributed by atoms with Crippen molar-refractivity contribution in [2.75, 3.05) is 26.2 Å². The highest BCUT2D eigenvalue weighted by Crippen LogP contribution is 2.15. The summed E-state index contributed by atoms with van der Waals surface area (Å²) in [7, 11) is 0. The smallest absolute Gasteiger partial charge is 0.222 e. The van der Waals surface area contributed by atoms with Gasteiger partial charge in [-0.25, -0.2) is 4.99 Å². The van der Waals surface area contributed by atoms with Crippen molar-refractivity contribution in [3.8, 4) is 5.75 Å². The topological polar surface area (TPSA) is 66.0 Å². The first-order chi connectivity index (χ1) is 14.8. The van der Waals surface area contributed by atoms with Crippen LogP contribution in [0.3, 0.4) is 0 Å². The second-order valence-corrected chi connectivity index (χ2v) is 7.33. The van der Waals surface area contributed by atoms with Gasteiger partial charge in [0.25, 0.3) is 0 Å². The summed E-state index contributed by atoms with van der Waals surface area (Å²) in [4.78, 5) is 18.4. The minimum absolute atomic E-state index is 0. The Kier molecular flexibility index (Phi) is 11.2. The van der Waals surface area contributed by atoms with E-state index < -0.39 is 0 Å². The summed E-state index contributed by atoms with van der Waals surface area (Å²) < 4.78 is 5.91. The molecule has 1 aliphatic rings. The van der Waals surface area contributed by atoms with Gasteiger partial charge in [0.1, 0.15) is 12.4 Å². The number of halogens is 1. The van der Waals surface area contributed by atoms with Crippen LogP contribution in [0.25, 0.3) is 0 Å². The molecule has 0 aliphatic carbocycles. The lowest BCUT2D eigenvalue weighted by atomic mass is 10.1. The standard InChI is InChI=1S/C24H32N4O2.HI/c1-2-25-24(26-15-9-17-28-16-8-14-23(28)29)27-18-20-10-6-7-11-21(20)19-30-22-12-4-3-5-13-22;/h3-7,10-13H,2,8-9,14-19H2,1H3,(H2,25,26,27);1H. The van der Waals surface area contributed by atoms with Gasteiger partial charge in [-0.05, 0) is 43.0 Å². The maximum atomic E-state index is 11.7. The zero-order valence-corrected chi connectivity index (χ0v) is 20.5. The molecule has 0 atom stereocenters. The number of hydrogen-bond donors (Lipinski definition) is 2. The molecule has 1 saturated heterocycles. The molecule has 0 saturated carbocycles. The van der Waals surface area contributed by atoms with E-state index in [4.69, 9.17) is 9.73 Å². The summed E-state index contributed by atoms with van der Waals surface area (Å²) in [5.74, 6) is 1.94.